The summed E-state index contributed by atoms with van der Waals surface area (Å²) in [6, 6.07) is 17.2. The maximum absolute atomic E-state index is 12.6. The minimum atomic E-state index is -0.800. The predicted octanol–water partition coefficient (Wildman–Crippen LogP) is 4.13. The van der Waals surface area contributed by atoms with E-state index in [-0.39, 0.29) is 5.78 Å². The largest absolute Gasteiger partial charge is 0.468 e. The first-order valence-corrected chi connectivity index (χ1v) is 7.88. The van der Waals surface area contributed by atoms with Crippen LogP contribution in [0.15, 0.2) is 54.6 Å². The molecular weight excluding hydrogens is 300 g/mol. The van der Waals surface area contributed by atoms with Crippen LogP contribution in [0.2, 0.25) is 0 Å². The molecular formula is C21H20O3. The molecule has 0 aliphatic heterocycles. The molecule has 2 aromatic rings. The number of terminal acetylenes is 1. The van der Waals surface area contributed by atoms with Crippen molar-refractivity contribution in [2.24, 2.45) is 5.92 Å². The van der Waals surface area contributed by atoms with Crippen LogP contribution in [0.1, 0.15) is 29.6 Å². The van der Waals surface area contributed by atoms with Crippen molar-refractivity contribution in [2.75, 3.05) is 7.11 Å². The van der Waals surface area contributed by atoms with Gasteiger partial charge >= 0.3 is 5.97 Å². The van der Waals surface area contributed by atoms with Crippen molar-refractivity contribution in [3.05, 3.63) is 60.2 Å². The molecule has 3 nitrogen and oxygen atoms in total. The summed E-state index contributed by atoms with van der Waals surface area (Å²) >= 11 is 0. The molecule has 3 heteroatoms. The molecule has 0 radical (unpaired) electrons. The van der Waals surface area contributed by atoms with Gasteiger partial charge in [0.25, 0.3) is 0 Å². The summed E-state index contributed by atoms with van der Waals surface area (Å²) in [6.07, 6.45) is 6.78. The van der Waals surface area contributed by atoms with Gasteiger partial charge in [0.1, 0.15) is 5.92 Å². The Morgan fingerprint density at radius 1 is 1.04 bits per heavy atom. The summed E-state index contributed by atoms with van der Waals surface area (Å²) in [4.78, 5) is 24.5. The molecule has 122 valence electrons. The lowest BCUT2D eigenvalue weighted by molar-refractivity contribution is -0.143. The molecule has 1 atom stereocenters. The third-order valence-electron chi connectivity index (χ3n) is 3.89. The minimum absolute atomic E-state index is 0.224. The first kappa shape index (κ1) is 17.5. The monoisotopic (exact) mass is 320 g/mol. The molecule has 0 aromatic heterocycles. The molecule has 0 N–H and O–H groups in total. The van der Waals surface area contributed by atoms with E-state index in [2.05, 4.69) is 5.92 Å². The van der Waals surface area contributed by atoms with Crippen LogP contribution in [-0.2, 0) is 9.53 Å². The lowest BCUT2D eigenvalue weighted by atomic mass is 9.91. The number of rotatable bonds is 7. The third kappa shape index (κ3) is 4.33. The molecule has 0 saturated heterocycles. The van der Waals surface area contributed by atoms with Gasteiger partial charge in [-0.1, -0.05) is 54.6 Å². The number of esters is 1. The summed E-state index contributed by atoms with van der Waals surface area (Å²) in [6.45, 7) is 0. The average molecular weight is 320 g/mol. The highest BCUT2D eigenvalue weighted by molar-refractivity contribution is 6.08. The maximum Gasteiger partial charge on any atom is 0.316 e. The van der Waals surface area contributed by atoms with Crippen LogP contribution in [0.3, 0.4) is 0 Å². The van der Waals surface area contributed by atoms with Crippen molar-refractivity contribution >= 4 is 11.8 Å². The van der Waals surface area contributed by atoms with Crippen molar-refractivity contribution in [1.29, 1.82) is 0 Å². The Balaban J connectivity index is 2.17. The third-order valence-corrected chi connectivity index (χ3v) is 3.89. The first-order chi connectivity index (χ1) is 11.7. The van der Waals surface area contributed by atoms with E-state index in [0.717, 1.165) is 11.1 Å². The zero-order chi connectivity index (χ0) is 17.4. The number of ketones is 1. The second-order valence-corrected chi connectivity index (χ2v) is 5.48. The zero-order valence-corrected chi connectivity index (χ0v) is 13.7. The zero-order valence-electron chi connectivity index (χ0n) is 13.7. The fraction of sp³-hybridized carbons (Fsp3) is 0.238. The van der Waals surface area contributed by atoms with Crippen LogP contribution in [0.5, 0.6) is 0 Å². The molecule has 0 bridgehead atoms. The standard InChI is InChI=1S/C21H20O3/c1-3-4-6-11-19(21(23)24-2)20(22)18-14-12-17(13-15-18)16-9-7-5-8-10-16/h1,5,7-10,12-15,19H,4,6,11H2,2H3. The molecule has 0 spiro atoms. The smallest absolute Gasteiger partial charge is 0.316 e. The van der Waals surface area contributed by atoms with Gasteiger partial charge in [0.15, 0.2) is 5.78 Å². The van der Waals surface area contributed by atoms with Crippen LogP contribution in [0.25, 0.3) is 11.1 Å². The van der Waals surface area contributed by atoms with Gasteiger partial charge in [0, 0.05) is 12.0 Å². The molecule has 2 aromatic carbocycles. The highest BCUT2D eigenvalue weighted by atomic mass is 16.5. The number of carbonyl (C=O) groups excluding carboxylic acids is 2. The van der Waals surface area contributed by atoms with E-state index in [1.54, 1.807) is 12.1 Å². The Morgan fingerprint density at radius 3 is 2.25 bits per heavy atom. The molecule has 0 saturated carbocycles. The normalized spacial score (nSPS) is 11.3. The summed E-state index contributed by atoms with van der Waals surface area (Å²) < 4.78 is 4.77. The number of Topliss-reactive ketones (excluding diaryl/α,β-unsaturated/α-hetero) is 1. The Bertz CT molecular complexity index is 724. The SMILES string of the molecule is C#CCCCC(C(=O)OC)C(=O)c1ccc(-c2ccccc2)cc1. The van der Waals surface area contributed by atoms with Gasteiger partial charge in [-0.3, -0.25) is 9.59 Å². The molecule has 0 amide bonds. The van der Waals surface area contributed by atoms with Crippen LogP contribution in [0, 0.1) is 18.3 Å². The Morgan fingerprint density at radius 2 is 1.67 bits per heavy atom. The fourth-order valence-electron chi connectivity index (χ4n) is 2.57. The molecule has 0 fully saturated rings. The second-order valence-electron chi connectivity index (χ2n) is 5.48. The van der Waals surface area contributed by atoms with Crippen LogP contribution in [-0.4, -0.2) is 18.9 Å². The summed E-state index contributed by atoms with van der Waals surface area (Å²) in [5.74, 6) is 0.987. The Kier molecular flexibility index (Phi) is 6.33. The van der Waals surface area contributed by atoms with Crippen LogP contribution in [0.4, 0.5) is 0 Å². The lowest BCUT2D eigenvalue weighted by Gasteiger charge is -2.13. The minimum Gasteiger partial charge on any atom is -0.468 e. The van der Waals surface area contributed by atoms with Gasteiger partial charge in [-0.25, -0.2) is 0 Å². The van der Waals surface area contributed by atoms with Crippen molar-refractivity contribution in [1.82, 2.24) is 0 Å². The van der Waals surface area contributed by atoms with Crippen molar-refractivity contribution in [2.45, 2.75) is 19.3 Å². The Hall–Kier alpha value is -2.86. The molecule has 1 unspecified atom stereocenters. The molecule has 0 heterocycles. The van der Waals surface area contributed by atoms with Gasteiger partial charge in [-0.15, -0.1) is 12.3 Å². The highest BCUT2D eigenvalue weighted by Gasteiger charge is 2.27. The number of hydrogen-bond acceptors (Lipinski definition) is 3. The Labute approximate surface area is 142 Å². The summed E-state index contributed by atoms with van der Waals surface area (Å²) in [7, 11) is 1.29. The van der Waals surface area contributed by atoms with E-state index in [4.69, 9.17) is 11.2 Å². The fourth-order valence-corrected chi connectivity index (χ4v) is 2.57. The topological polar surface area (TPSA) is 43.4 Å². The van der Waals surface area contributed by atoms with Crippen molar-refractivity contribution in [3.8, 4) is 23.5 Å². The van der Waals surface area contributed by atoms with Crippen molar-refractivity contribution < 1.29 is 14.3 Å². The number of carbonyl (C=O) groups is 2. The maximum atomic E-state index is 12.6. The second kappa shape index (κ2) is 8.69. The number of benzene rings is 2. The van der Waals surface area contributed by atoms with E-state index >= 15 is 0 Å². The average Bonchev–Trinajstić information content (AvgIpc) is 2.65. The first-order valence-electron chi connectivity index (χ1n) is 7.88. The van der Waals surface area contributed by atoms with E-state index in [1.807, 2.05) is 42.5 Å². The van der Waals surface area contributed by atoms with Crippen LogP contribution >= 0.6 is 0 Å². The van der Waals surface area contributed by atoms with Gasteiger partial charge in [0.2, 0.25) is 0 Å². The lowest BCUT2D eigenvalue weighted by Crippen LogP contribution is -2.25. The summed E-state index contributed by atoms with van der Waals surface area (Å²) in [5.41, 5.74) is 2.61. The van der Waals surface area contributed by atoms with Crippen molar-refractivity contribution in [3.63, 3.8) is 0 Å². The predicted molar refractivity (Wildman–Crippen MR) is 94.4 cm³/mol. The number of ether oxygens (including phenoxy) is 1. The van der Waals surface area contributed by atoms with Gasteiger partial charge < -0.3 is 4.74 Å². The summed E-state index contributed by atoms with van der Waals surface area (Å²) in [5, 5.41) is 0. The van der Waals surface area contributed by atoms with Gasteiger partial charge in [0.05, 0.1) is 7.11 Å². The van der Waals surface area contributed by atoms with E-state index < -0.39 is 11.9 Å². The van der Waals surface area contributed by atoms with E-state index in [0.29, 0.717) is 24.8 Å². The van der Waals surface area contributed by atoms with Gasteiger partial charge in [-0.05, 0) is 24.0 Å². The quantitative estimate of drug-likeness (QED) is 0.253. The molecule has 0 aliphatic rings. The molecule has 2 rings (SSSR count). The van der Waals surface area contributed by atoms with Crippen LogP contribution < -0.4 is 0 Å². The number of methoxy groups -OCH3 is 1. The molecule has 24 heavy (non-hydrogen) atoms. The number of hydrogen-bond donors (Lipinski definition) is 0. The number of unbranched alkanes of at least 4 members (excludes halogenated alkanes) is 1. The van der Waals surface area contributed by atoms with E-state index in [1.165, 1.54) is 7.11 Å². The highest BCUT2D eigenvalue weighted by Crippen LogP contribution is 2.22. The van der Waals surface area contributed by atoms with Gasteiger partial charge in [-0.2, -0.15) is 0 Å². The van der Waals surface area contributed by atoms with E-state index in [9.17, 15) is 9.59 Å². The molecule has 0 aliphatic carbocycles.